The van der Waals surface area contributed by atoms with Crippen LogP contribution >= 0.6 is 0 Å². The minimum atomic E-state index is -0.388. The predicted molar refractivity (Wildman–Crippen MR) is 124 cm³/mol. The first-order valence-corrected chi connectivity index (χ1v) is 12.0. The number of hydrogen-bond donors (Lipinski definition) is 1. The molecule has 34 heavy (non-hydrogen) atoms. The van der Waals surface area contributed by atoms with Crippen molar-refractivity contribution in [2.45, 2.75) is 50.9 Å². The van der Waals surface area contributed by atoms with Gasteiger partial charge in [-0.05, 0) is 32.1 Å². The molecule has 5 rings (SSSR count). The fourth-order valence-corrected chi connectivity index (χ4v) is 4.85. The van der Waals surface area contributed by atoms with E-state index in [9.17, 15) is 9.59 Å². The molecule has 3 fully saturated rings. The number of hydrogen-bond acceptors (Lipinski definition) is 7. The normalized spacial score (nSPS) is 20.4. The number of likely N-dealkylation sites (tertiary alicyclic amines) is 1. The number of carbonyl (C=O) groups is 2. The second-order valence-corrected chi connectivity index (χ2v) is 9.47. The molecule has 0 bridgehead atoms. The van der Waals surface area contributed by atoms with E-state index in [1.54, 1.807) is 16.0 Å². The second-order valence-electron chi connectivity index (χ2n) is 9.47. The summed E-state index contributed by atoms with van der Waals surface area (Å²) in [5.74, 6) is 0.742. The number of piperidine rings is 2. The molecule has 2 aromatic rings. The molecule has 3 aliphatic heterocycles. The van der Waals surface area contributed by atoms with Crippen molar-refractivity contribution >= 4 is 12.0 Å². The first-order chi connectivity index (χ1) is 16.5. The van der Waals surface area contributed by atoms with E-state index in [0.717, 1.165) is 44.5 Å². The summed E-state index contributed by atoms with van der Waals surface area (Å²) in [6.07, 6.45) is 6.08. The van der Waals surface area contributed by atoms with Gasteiger partial charge < -0.3 is 19.7 Å². The van der Waals surface area contributed by atoms with Gasteiger partial charge in [0.05, 0.1) is 31.2 Å². The molecule has 1 spiro atoms. The van der Waals surface area contributed by atoms with Gasteiger partial charge in [0.2, 0.25) is 0 Å². The molecule has 0 atom stereocenters. The smallest absolute Gasteiger partial charge is 0.410 e. The summed E-state index contributed by atoms with van der Waals surface area (Å²) in [7, 11) is 0. The summed E-state index contributed by atoms with van der Waals surface area (Å²) in [5, 5.41) is 3.30. The third-order valence-corrected chi connectivity index (χ3v) is 6.89. The van der Waals surface area contributed by atoms with E-state index in [1.807, 2.05) is 31.2 Å². The maximum atomic E-state index is 12.9. The first-order valence-electron chi connectivity index (χ1n) is 12.0. The van der Waals surface area contributed by atoms with Crippen molar-refractivity contribution in [3.05, 3.63) is 53.6 Å². The number of benzene rings is 1. The Bertz CT molecular complexity index is 1010. The van der Waals surface area contributed by atoms with E-state index in [0.29, 0.717) is 37.6 Å². The molecule has 0 unspecified atom stereocenters. The third kappa shape index (κ3) is 4.99. The van der Waals surface area contributed by atoms with Gasteiger partial charge in [0.25, 0.3) is 5.91 Å². The molecular formula is C25H31N5O4. The van der Waals surface area contributed by atoms with Crippen LogP contribution in [0.15, 0.2) is 36.7 Å². The Balaban J connectivity index is 1.12. The molecular weight excluding hydrogens is 434 g/mol. The summed E-state index contributed by atoms with van der Waals surface area (Å²) in [5.41, 5.74) is 1.78. The van der Waals surface area contributed by atoms with Gasteiger partial charge >= 0.3 is 6.09 Å². The molecule has 0 radical (unpaired) electrons. The Kier molecular flexibility index (Phi) is 6.36. The Morgan fingerprint density at radius 2 is 1.88 bits per heavy atom. The average molecular weight is 466 g/mol. The number of carbonyl (C=O) groups excluding carboxylic acids is 2. The van der Waals surface area contributed by atoms with Crippen LogP contribution in [-0.4, -0.2) is 76.2 Å². The number of ether oxygens (including phenoxy) is 2. The molecule has 1 N–H and O–H groups in total. The minimum absolute atomic E-state index is 0.101. The van der Waals surface area contributed by atoms with Crippen molar-refractivity contribution in [2.24, 2.45) is 0 Å². The first kappa shape index (κ1) is 22.6. The van der Waals surface area contributed by atoms with E-state index in [2.05, 4.69) is 15.3 Å². The van der Waals surface area contributed by atoms with Gasteiger partial charge in [-0.1, -0.05) is 17.7 Å². The highest BCUT2D eigenvalue weighted by Gasteiger charge is 2.45. The minimum Gasteiger partial charge on any atom is -0.490 e. The lowest BCUT2D eigenvalue weighted by molar-refractivity contribution is 0.0316. The van der Waals surface area contributed by atoms with E-state index < -0.39 is 0 Å². The van der Waals surface area contributed by atoms with Gasteiger partial charge in [-0.15, -0.1) is 0 Å². The molecule has 180 valence electrons. The summed E-state index contributed by atoms with van der Waals surface area (Å²) < 4.78 is 11.8. The van der Waals surface area contributed by atoms with Crippen LogP contribution in [0.1, 0.15) is 47.4 Å². The van der Waals surface area contributed by atoms with Gasteiger partial charge in [0.15, 0.2) is 0 Å². The average Bonchev–Trinajstić information content (AvgIpc) is 3.15. The van der Waals surface area contributed by atoms with Crippen LogP contribution in [0.3, 0.4) is 0 Å². The van der Waals surface area contributed by atoms with Crippen LogP contribution < -0.4 is 10.1 Å². The quantitative estimate of drug-likeness (QED) is 0.725. The Labute approximate surface area is 199 Å². The Morgan fingerprint density at radius 1 is 1.15 bits per heavy atom. The second kappa shape index (κ2) is 9.58. The van der Waals surface area contributed by atoms with Crippen LogP contribution in [0.2, 0.25) is 0 Å². The van der Waals surface area contributed by atoms with E-state index in [1.165, 1.54) is 11.8 Å². The van der Waals surface area contributed by atoms with Gasteiger partial charge in [-0.3, -0.25) is 14.7 Å². The fourth-order valence-electron chi connectivity index (χ4n) is 4.85. The number of rotatable bonds is 5. The largest absolute Gasteiger partial charge is 0.490 e. The predicted octanol–water partition coefficient (Wildman–Crippen LogP) is 2.54. The zero-order valence-corrected chi connectivity index (χ0v) is 19.5. The number of aromatic nitrogens is 2. The summed E-state index contributed by atoms with van der Waals surface area (Å²) >= 11 is 0. The van der Waals surface area contributed by atoms with Crippen LogP contribution in [0, 0.1) is 6.92 Å². The van der Waals surface area contributed by atoms with Crippen molar-refractivity contribution in [1.29, 1.82) is 0 Å². The molecule has 3 saturated heterocycles. The summed E-state index contributed by atoms with van der Waals surface area (Å²) in [6.45, 7) is 5.89. The molecule has 3 aliphatic rings. The monoisotopic (exact) mass is 465 g/mol. The standard InChI is InChI=1S/C25H31N5O4/c1-18-2-4-20(5-3-18)33-21-6-12-29(13-7-21)23(31)22-15-27-19(14-28-22)16-30-17-25(34-24(30)32)8-10-26-11-9-25/h2-5,14-15,21,26H,6-13,16-17H2,1H3. The zero-order valence-electron chi connectivity index (χ0n) is 19.5. The maximum absolute atomic E-state index is 12.9. The van der Waals surface area contributed by atoms with E-state index >= 15 is 0 Å². The number of nitrogens with one attached hydrogen (secondary N) is 1. The SMILES string of the molecule is Cc1ccc(OC2CCN(C(=O)c3cnc(CN4CC5(CCNCC5)OC4=O)cn3)CC2)cc1. The number of amides is 2. The van der Waals surface area contributed by atoms with Gasteiger partial charge in [0.1, 0.15) is 23.1 Å². The van der Waals surface area contributed by atoms with Crippen LogP contribution in [0.4, 0.5) is 4.79 Å². The van der Waals surface area contributed by atoms with Crippen molar-refractivity contribution < 1.29 is 19.1 Å². The molecule has 9 nitrogen and oxygen atoms in total. The van der Waals surface area contributed by atoms with Gasteiger partial charge in [0, 0.05) is 38.8 Å². The highest BCUT2D eigenvalue weighted by molar-refractivity contribution is 5.92. The molecule has 4 heterocycles. The van der Waals surface area contributed by atoms with Crippen molar-refractivity contribution in [1.82, 2.24) is 25.1 Å². The third-order valence-electron chi connectivity index (χ3n) is 6.89. The lowest BCUT2D eigenvalue weighted by Crippen LogP contribution is -2.44. The van der Waals surface area contributed by atoms with Gasteiger partial charge in [-0.2, -0.15) is 0 Å². The van der Waals surface area contributed by atoms with Crippen molar-refractivity contribution in [3.8, 4) is 5.75 Å². The highest BCUT2D eigenvalue weighted by Crippen LogP contribution is 2.31. The van der Waals surface area contributed by atoms with Crippen molar-refractivity contribution in [3.63, 3.8) is 0 Å². The lowest BCUT2D eigenvalue weighted by Gasteiger charge is -2.32. The molecule has 0 aliphatic carbocycles. The molecule has 1 aromatic carbocycles. The zero-order chi connectivity index (χ0) is 23.5. The van der Waals surface area contributed by atoms with Crippen LogP contribution in [0.5, 0.6) is 5.75 Å². The molecule has 1 aromatic heterocycles. The van der Waals surface area contributed by atoms with Crippen LogP contribution in [-0.2, 0) is 11.3 Å². The molecule has 0 saturated carbocycles. The van der Waals surface area contributed by atoms with Crippen molar-refractivity contribution in [2.75, 3.05) is 32.7 Å². The number of aryl methyl sites for hydroxylation is 1. The summed E-state index contributed by atoms with van der Waals surface area (Å²) in [4.78, 5) is 37.5. The molecule has 9 heteroatoms. The Morgan fingerprint density at radius 3 is 2.56 bits per heavy atom. The molecule has 2 amide bonds. The maximum Gasteiger partial charge on any atom is 0.410 e. The summed E-state index contributed by atoms with van der Waals surface area (Å²) in [6, 6.07) is 8.04. The van der Waals surface area contributed by atoms with Gasteiger partial charge in [-0.25, -0.2) is 9.78 Å². The number of nitrogens with zero attached hydrogens (tertiary/aromatic N) is 4. The van der Waals surface area contributed by atoms with E-state index in [4.69, 9.17) is 9.47 Å². The fraction of sp³-hybridized carbons (Fsp3) is 0.520. The highest BCUT2D eigenvalue weighted by atomic mass is 16.6. The topological polar surface area (TPSA) is 96.9 Å². The lowest BCUT2D eigenvalue weighted by atomic mass is 9.92. The van der Waals surface area contributed by atoms with E-state index in [-0.39, 0.29) is 23.7 Å². The van der Waals surface area contributed by atoms with Crippen LogP contribution in [0.25, 0.3) is 0 Å². The Hall–Kier alpha value is -3.20.